The fourth-order valence-corrected chi connectivity index (χ4v) is 1.75. The summed E-state index contributed by atoms with van der Waals surface area (Å²) in [6, 6.07) is 3.90. The van der Waals surface area contributed by atoms with Crippen LogP contribution < -0.4 is 11.1 Å². The number of aromatic nitrogens is 1. The van der Waals surface area contributed by atoms with Gasteiger partial charge in [-0.05, 0) is 38.9 Å². The largest absolute Gasteiger partial charge is 0.397 e. The van der Waals surface area contributed by atoms with E-state index in [1.54, 1.807) is 0 Å². The molecule has 3 nitrogen and oxygen atoms in total. The van der Waals surface area contributed by atoms with Crippen molar-refractivity contribution in [1.82, 2.24) is 10.3 Å². The molecule has 0 bridgehead atoms. The van der Waals surface area contributed by atoms with Gasteiger partial charge in [0.2, 0.25) is 0 Å². The summed E-state index contributed by atoms with van der Waals surface area (Å²) >= 11 is 0. The number of nitrogens with zero attached hydrogens (tertiary/aromatic N) is 1. The predicted molar refractivity (Wildman–Crippen MR) is 58.1 cm³/mol. The highest BCUT2D eigenvalue weighted by molar-refractivity contribution is 5.44. The number of nitrogen functional groups attached to an aromatic ring is 1. The van der Waals surface area contributed by atoms with E-state index < -0.39 is 0 Å². The fraction of sp³-hybridized carbons (Fsp3) is 0.545. The molecule has 14 heavy (non-hydrogen) atoms. The van der Waals surface area contributed by atoms with Gasteiger partial charge in [-0.3, -0.25) is 4.98 Å². The summed E-state index contributed by atoms with van der Waals surface area (Å²) in [5.41, 5.74) is 9.07. The molecule has 0 radical (unpaired) electrons. The number of nitrogens with two attached hydrogens (primary N) is 1. The summed E-state index contributed by atoms with van der Waals surface area (Å²) < 4.78 is 0. The molecule has 0 aliphatic heterocycles. The molecule has 0 spiro atoms. The second-order valence-corrected chi connectivity index (χ2v) is 4.20. The molecular formula is C11H17N3. The Bertz CT molecular complexity index is 342. The highest BCUT2D eigenvalue weighted by atomic mass is 15.0. The molecule has 0 saturated heterocycles. The van der Waals surface area contributed by atoms with Gasteiger partial charge in [0.15, 0.2) is 0 Å². The average Bonchev–Trinajstić information content (AvgIpc) is 2.92. The van der Waals surface area contributed by atoms with Gasteiger partial charge in [0.1, 0.15) is 0 Å². The molecule has 0 aromatic carbocycles. The lowest BCUT2D eigenvalue weighted by atomic mass is 10.1. The minimum atomic E-state index is 0.287. The van der Waals surface area contributed by atoms with Gasteiger partial charge in [-0.25, -0.2) is 0 Å². The van der Waals surface area contributed by atoms with Crippen molar-refractivity contribution in [1.29, 1.82) is 0 Å². The molecule has 1 aliphatic rings. The second-order valence-electron chi connectivity index (χ2n) is 4.20. The Kier molecular flexibility index (Phi) is 2.19. The maximum absolute atomic E-state index is 5.89. The predicted octanol–water partition coefficient (Wildman–Crippen LogP) is 1.27. The maximum Gasteiger partial charge on any atom is 0.0654 e. The fourth-order valence-electron chi connectivity index (χ4n) is 1.75. The Morgan fingerprint density at radius 3 is 2.79 bits per heavy atom. The Morgan fingerprint density at radius 1 is 1.50 bits per heavy atom. The van der Waals surface area contributed by atoms with E-state index in [1.807, 2.05) is 26.1 Å². The second kappa shape index (κ2) is 3.24. The monoisotopic (exact) mass is 191 g/mol. The topological polar surface area (TPSA) is 50.9 Å². The van der Waals surface area contributed by atoms with Crippen molar-refractivity contribution in [2.45, 2.75) is 31.7 Å². The van der Waals surface area contributed by atoms with Crippen molar-refractivity contribution < 1.29 is 0 Å². The molecule has 3 N–H and O–H groups in total. The van der Waals surface area contributed by atoms with Crippen molar-refractivity contribution in [3.8, 4) is 0 Å². The molecule has 0 amide bonds. The van der Waals surface area contributed by atoms with Gasteiger partial charge in [0.05, 0.1) is 11.4 Å². The van der Waals surface area contributed by atoms with Crippen LogP contribution in [-0.2, 0) is 6.42 Å². The number of anilines is 1. The number of aryl methyl sites for hydroxylation is 1. The molecular weight excluding hydrogens is 174 g/mol. The minimum Gasteiger partial charge on any atom is -0.397 e. The van der Waals surface area contributed by atoms with Crippen LogP contribution in [0, 0.1) is 6.92 Å². The van der Waals surface area contributed by atoms with E-state index in [1.165, 1.54) is 12.8 Å². The lowest BCUT2D eigenvalue weighted by Crippen LogP contribution is -2.30. The Balaban J connectivity index is 2.20. The molecule has 1 fully saturated rings. The lowest BCUT2D eigenvalue weighted by Gasteiger charge is -2.14. The van der Waals surface area contributed by atoms with Gasteiger partial charge < -0.3 is 11.1 Å². The Labute approximate surface area is 84.7 Å². The summed E-state index contributed by atoms with van der Waals surface area (Å²) in [5.74, 6) is 0. The highest BCUT2D eigenvalue weighted by Crippen LogP contribution is 2.38. The first kappa shape index (κ1) is 9.46. The number of rotatable bonds is 3. The SMILES string of the molecule is CNC1(Cc2nc(C)ccc2N)CC1. The number of hydrogen-bond acceptors (Lipinski definition) is 3. The molecule has 0 atom stereocenters. The number of nitrogens with one attached hydrogen (secondary N) is 1. The van der Waals surface area contributed by atoms with E-state index >= 15 is 0 Å². The molecule has 1 heterocycles. The van der Waals surface area contributed by atoms with Crippen LogP contribution in [0.25, 0.3) is 0 Å². The summed E-state index contributed by atoms with van der Waals surface area (Å²) in [6.07, 6.45) is 3.42. The van der Waals surface area contributed by atoms with E-state index in [0.29, 0.717) is 0 Å². The van der Waals surface area contributed by atoms with Crippen molar-refractivity contribution in [3.05, 3.63) is 23.5 Å². The average molecular weight is 191 g/mol. The molecule has 1 aromatic rings. The molecule has 3 heteroatoms. The smallest absolute Gasteiger partial charge is 0.0654 e. The number of hydrogen-bond donors (Lipinski definition) is 2. The van der Waals surface area contributed by atoms with Crippen LogP contribution in [-0.4, -0.2) is 17.6 Å². The first-order chi connectivity index (χ1) is 6.65. The quantitative estimate of drug-likeness (QED) is 0.756. The first-order valence-electron chi connectivity index (χ1n) is 5.06. The Morgan fingerprint density at radius 2 is 2.21 bits per heavy atom. The van der Waals surface area contributed by atoms with Crippen LogP contribution in [0.4, 0.5) is 5.69 Å². The van der Waals surface area contributed by atoms with E-state index in [-0.39, 0.29) is 5.54 Å². The summed E-state index contributed by atoms with van der Waals surface area (Å²) in [4.78, 5) is 4.48. The van der Waals surface area contributed by atoms with Gasteiger partial charge in [-0.1, -0.05) is 0 Å². The minimum absolute atomic E-state index is 0.287. The van der Waals surface area contributed by atoms with E-state index in [2.05, 4.69) is 10.3 Å². The van der Waals surface area contributed by atoms with Gasteiger partial charge in [0.25, 0.3) is 0 Å². The van der Waals surface area contributed by atoms with Crippen LogP contribution in [0.2, 0.25) is 0 Å². The van der Waals surface area contributed by atoms with Crippen LogP contribution >= 0.6 is 0 Å². The molecule has 76 valence electrons. The Hall–Kier alpha value is -1.09. The first-order valence-corrected chi connectivity index (χ1v) is 5.06. The van der Waals surface area contributed by atoms with Crippen LogP contribution in [0.3, 0.4) is 0 Å². The molecule has 1 saturated carbocycles. The lowest BCUT2D eigenvalue weighted by molar-refractivity contribution is 0.542. The molecule has 0 unspecified atom stereocenters. The standard InChI is InChI=1S/C11H17N3/c1-8-3-4-9(12)10(14-8)7-11(13-2)5-6-11/h3-4,13H,5-7,12H2,1-2H3. The zero-order chi connectivity index (χ0) is 10.2. The van der Waals surface area contributed by atoms with Crippen molar-refractivity contribution in [2.75, 3.05) is 12.8 Å². The molecule has 1 aromatic heterocycles. The molecule has 2 rings (SSSR count). The van der Waals surface area contributed by atoms with Crippen molar-refractivity contribution >= 4 is 5.69 Å². The third-order valence-electron chi connectivity index (χ3n) is 3.04. The summed E-state index contributed by atoms with van der Waals surface area (Å²) in [7, 11) is 2.01. The van der Waals surface area contributed by atoms with Crippen molar-refractivity contribution in [3.63, 3.8) is 0 Å². The van der Waals surface area contributed by atoms with Gasteiger partial charge in [-0.15, -0.1) is 0 Å². The van der Waals surface area contributed by atoms with E-state index in [9.17, 15) is 0 Å². The van der Waals surface area contributed by atoms with Crippen LogP contribution in [0.1, 0.15) is 24.2 Å². The zero-order valence-electron chi connectivity index (χ0n) is 8.80. The normalized spacial score (nSPS) is 18.1. The summed E-state index contributed by atoms with van der Waals surface area (Å²) in [5, 5.41) is 3.35. The van der Waals surface area contributed by atoms with E-state index in [4.69, 9.17) is 5.73 Å². The number of likely N-dealkylation sites (N-methyl/N-ethyl adjacent to an activating group) is 1. The van der Waals surface area contributed by atoms with E-state index in [0.717, 1.165) is 23.5 Å². The van der Waals surface area contributed by atoms with Gasteiger partial charge >= 0.3 is 0 Å². The van der Waals surface area contributed by atoms with Crippen molar-refractivity contribution in [2.24, 2.45) is 0 Å². The van der Waals surface area contributed by atoms with Gasteiger partial charge in [-0.2, -0.15) is 0 Å². The maximum atomic E-state index is 5.89. The van der Waals surface area contributed by atoms with Crippen LogP contribution in [0.5, 0.6) is 0 Å². The summed E-state index contributed by atoms with van der Waals surface area (Å²) in [6.45, 7) is 2.00. The highest BCUT2D eigenvalue weighted by Gasteiger charge is 2.41. The molecule has 1 aliphatic carbocycles. The zero-order valence-corrected chi connectivity index (χ0v) is 8.80. The number of pyridine rings is 1. The third-order valence-corrected chi connectivity index (χ3v) is 3.04. The van der Waals surface area contributed by atoms with Crippen LogP contribution in [0.15, 0.2) is 12.1 Å². The third kappa shape index (κ3) is 1.73. The van der Waals surface area contributed by atoms with Gasteiger partial charge in [0, 0.05) is 17.7 Å².